The molecule has 0 spiro atoms. The predicted molar refractivity (Wildman–Crippen MR) is 59.9 cm³/mol. The fourth-order valence-corrected chi connectivity index (χ4v) is 3.19. The average molecular weight is 257 g/mol. The number of nitro groups is 1. The van der Waals surface area contributed by atoms with Crippen LogP contribution in [0.3, 0.4) is 0 Å². The minimum absolute atomic E-state index is 0.189. The molecule has 0 amide bonds. The summed E-state index contributed by atoms with van der Waals surface area (Å²) in [7, 11) is -3.79. The lowest BCUT2D eigenvalue weighted by Gasteiger charge is -2.14. The zero-order chi connectivity index (χ0) is 12.5. The molecule has 0 saturated carbocycles. The second kappa shape index (κ2) is 4.40. The first-order valence-electron chi connectivity index (χ1n) is 4.98. The van der Waals surface area contributed by atoms with E-state index in [0.29, 0.717) is 13.1 Å². The minimum Gasteiger partial charge on any atom is -0.302 e. The molecule has 1 N–H and O–H groups in total. The topological polar surface area (TPSA) is 92.5 Å². The molecule has 1 aliphatic rings. The van der Waals surface area contributed by atoms with Crippen LogP contribution in [-0.2, 0) is 10.0 Å². The van der Waals surface area contributed by atoms with Crippen LogP contribution in [0.4, 0.5) is 5.69 Å². The molecule has 1 saturated heterocycles. The van der Waals surface area contributed by atoms with Crippen LogP contribution in [0.1, 0.15) is 0 Å². The highest BCUT2D eigenvalue weighted by molar-refractivity contribution is 7.89. The molecule has 0 bridgehead atoms. The van der Waals surface area contributed by atoms with Gasteiger partial charge in [0.2, 0.25) is 0 Å². The zero-order valence-electron chi connectivity index (χ0n) is 8.87. The lowest BCUT2D eigenvalue weighted by atomic mass is 10.3. The smallest absolute Gasteiger partial charge is 0.289 e. The monoisotopic (exact) mass is 257 g/mol. The van der Waals surface area contributed by atoms with Gasteiger partial charge in [-0.25, -0.2) is 8.42 Å². The van der Waals surface area contributed by atoms with E-state index in [-0.39, 0.29) is 17.3 Å². The van der Waals surface area contributed by atoms with Crippen molar-refractivity contribution in [3.8, 4) is 0 Å². The maximum atomic E-state index is 12.1. The van der Waals surface area contributed by atoms with Crippen molar-refractivity contribution in [2.75, 3.05) is 19.8 Å². The molecule has 1 fully saturated rings. The molecule has 0 aromatic heterocycles. The van der Waals surface area contributed by atoms with Crippen molar-refractivity contribution >= 4 is 15.7 Å². The summed E-state index contributed by atoms with van der Waals surface area (Å²) in [6, 6.07) is 5.37. The lowest BCUT2D eigenvalue weighted by molar-refractivity contribution is -0.387. The summed E-state index contributed by atoms with van der Waals surface area (Å²) in [4.78, 5) is 9.85. The molecule has 1 aromatic carbocycles. The van der Waals surface area contributed by atoms with Crippen molar-refractivity contribution in [3.63, 3.8) is 0 Å². The Labute approximate surface area is 98.2 Å². The summed E-state index contributed by atoms with van der Waals surface area (Å²) in [5.41, 5.74) is -0.389. The van der Waals surface area contributed by atoms with E-state index in [4.69, 9.17) is 0 Å². The highest BCUT2D eigenvalue weighted by atomic mass is 32.2. The van der Waals surface area contributed by atoms with E-state index >= 15 is 0 Å². The summed E-state index contributed by atoms with van der Waals surface area (Å²) < 4.78 is 25.5. The SMILES string of the molecule is O=[N+]([O-])c1ccccc1S(=O)(=O)N1CCNC1. The molecule has 8 heteroatoms. The van der Waals surface area contributed by atoms with Gasteiger partial charge in [-0.2, -0.15) is 4.31 Å². The summed E-state index contributed by atoms with van der Waals surface area (Å²) in [6.45, 7) is 1.07. The number of nitro benzene ring substituents is 1. The van der Waals surface area contributed by atoms with E-state index in [0.717, 1.165) is 0 Å². The van der Waals surface area contributed by atoms with Gasteiger partial charge in [0, 0.05) is 19.2 Å². The number of para-hydroxylation sites is 1. The van der Waals surface area contributed by atoms with Crippen LogP contribution < -0.4 is 5.32 Å². The summed E-state index contributed by atoms with van der Waals surface area (Å²) in [5, 5.41) is 13.7. The molecule has 1 aromatic rings. The van der Waals surface area contributed by atoms with Crippen molar-refractivity contribution in [1.82, 2.24) is 9.62 Å². The van der Waals surface area contributed by atoms with Gasteiger partial charge in [-0.3, -0.25) is 10.1 Å². The van der Waals surface area contributed by atoms with Crippen LogP contribution in [0.15, 0.2) is 29.2 Å². The van der Waals surface area contributed by atoms with E-state index in [2.05, 4.69) is 5.32 Å². The van der Waals surface area contributed by atoms with Crippen LogP contribution >= 0.6 is 0 Å². The molecule has 0 unspecified atom stereocenters. The zero-order valence-corrected chi connectivity index (χ0v) is 9.68. The van der Waals surface area contributed by atoms with Gasteiger partial charge in [0.05, 0.1) is 11.6 Å². The Bertz CT molecular complexity index is 537. The predicted octanol–water partition coefficient (Wildman–Crippen LogP) is 0.146. The van der Waals surface area contributed by atoms with Crippen molar-refractivity contribution < 1.29 is 13.3 Å². The van der Waals surface area contributed by atoms with Crippen LogP contribution in [0, 0.1) is 10.1 Å². The van der Waals surface area contributed by atoms with E-state index in [1.54, 1.807) is 0 Å². The molecule has 1 aliphatic heterocycles. The number of sulfonamides is 1. The Morgan fingerprint density at radius 1 is 1.35 bits per heavy atom. The Morgan fingerprint density at radius 2 is 2.06 bits per heavy atom. The Morgan fingerprint density at radius 3 is 2.65 bits per heavy atom. The van der Waals surface area contributed by atoms with Crippen LogP contribution in [0.2, 0.25) is 0 Å². The van der Waals surface area contributed by atoms with Crippen LogP contribution in [0.25, 0.3) is 0 Å². The van der Waals surface area contributed by atoms with E-state index in [9.17, 15) is 18.5 Å². The normalized spacial score (nSPS) is 17.2. The first kappa shape index (κ1) is 12.0. The second-order valence-corrected chi connectivity index (χ2v) is 5.47. The quantitative estimate of drug-likeness (QED) is 0.614. The van der Waals surface area contributed by atoms with Gasteiger partial charge >= 0.3 is 0 Å². The average Bonchev–Trinajstić information content (AvgIpc) is 2.83. The fourth-order valence-electron chi connectivity index (χ4n) is 1.66. The van der Waals surface area contributed by atoms with E-state index < -0.39 is 14.9 Å². The van der Waals surface area contributed by atoms with Gasteiger partial charge in [0.1, 0.15) is 0 Å². The number of nitrogens with one attached hydrogen (secondary N) is 1. The van der Waals surface area contributed by atoms with Crippen molar-refractivity contribution in [2.45, 2.75) is 4.90 Å². The standard InChI is InChI=1S/C9H11N3O4S/c13-12(14)8-3-1-2-4-9(8)17(15,16)11-6-5-10-7-11/h1-4,10H,5-7H2. The molecule has 17 heavy (non-hydrogen) atoms. The van der Waals surface area contributed by atoms with Crippen molar-refractivity contribution in [2.24, 2.45) is 0 Å². The minimum atomic E-state index is -3.79. The van der Waals surface area contributed by atoms with Crippen molar-refractivity contribution in [3.05, 3.63) is 34.4 Å². The van der Waals surface area contributed by atoms with E-state index in [1.165, 1.54) is 28.6 Å². The van der Waals surface area contributed by atoms with Gasteiger partial charge < -0.3 is 5.32 Å². The number of benzene rings is 1. The van der Waals surface area contributed by atoms with Gasteiger partial charge in [-0.1, -0.05) is 12.1 Å². The summed E-state index contributed by atoms with van der Waals surface area (Å²) >= 11 is 0. The highest BCUT2D eigenvalue weighted by Gasteiger charge is 2.32. The third-order valence-electron chi connectivity index (χ3n) is 2.51. The lowest BCUT2D eigenvalue weighted by Crippen LogP contribution is -2.30. The number of nitrogens with zero attached hydrogens (tertiary/aromatic N) is 2. The summed E-state index contributed by atoms with van der Waals surface area (Å²) in [5.74, 6) is 0. The molecule has 92 valence electrons. The van der Waals surface area contributed by atoms with Gasteiger partial charge in [-0.05, 0) is 6.07 Å². The molecular weight excluding hydrogens is 246 g/mol. The van der Waals surface area contributed by atoms with Crippen LogP contribution in [-0.4, -0.2) is 37.4 Å². The first-order valence-corrected chi connectivity index (χ1v) is 6.42. The molecule has 0 aliphatic carbocycles. The Kier molecular flexibility index (Phi) is 3.09. The third kappa shape index (κ3) is 2.14. The Balaban J connectivity index is 2.49. The Hall–Kier alpha value is -1.51. The molecule has 7 nitrogen and oxygen atoms in total. The summed E-state index contributed by atoms with van der Waals surface area (Å²) in [6.07, 6.45) is 0. The highest BCUT2D eigenvalue weighted by Crippen LogP contribution is 2.26. The molecule has 1 heterocycles. The maximum absolute atomic E-state index is 12.1. The van der Waals surface area contributed by atoms with Crippen molar-refractivity contribution in [1.29, 1.82) is 0 Å². The van der Waals surface area contributed by atoms with Gasteiger partial charge in [0.25, 0.3) is 15.7 Å². The second-order valence-electron chi connectivity index (χ2n) is 3.56. The fraction of sp³-hybridized carbons (Fsp3) is 0.333. The largest absolute Gasteiger partial charge is 0.302 e. The van der Waals surface area contributed by atoms with E-state index in [1.807, 2.05) is 0 Å². The third-order valence-corrected chi connectivity index (χ3v) is 4.40. The number of hydrogen-bond acceptors (Lipinski definition) is 5. The molecule has 0 atom stereocenters. The van der Waals surface area contributed by atoms with Gasteiger partial charge in [0.15, 0.2) is 4.90 Å². The molecule has 0 radical (unpaired) electrons. The van der Waals surface area contributed by atoms with Crippen LogP contribution in [0.5, 0.6) is 0 Å². The first-order chi connectivity index (χ1) is 8.03. The molecule has 2 rings (SSSR count). The molecular formula is C9H11N3O4S. The number of hydrogen-bond donors (Lipinski definition) is 1. The maximum Gasteiger partial charge on any atom is 0.289 e. The number of rotatable bonds is 3. The van der Waals surface area contributed by atoms with Gasteiger partial charge in [-0.15, -0.1) is 0 Å².